The molecule has 0 saturated carbocycles. The Morgan fingerprint density at radius 3 is 2.39 bits per heavy atom. The van der Waals surface area contributed by atoms with Crippen LogP contribution in [0, 0.1) is 0 Å². The van der Waals surface area contributed by atoms with Crippen molar-refractivity contribution in [3.05, 3.63) is 82.9 Å². The highest BCUT2D eigenvalue weighted by Crippen LogP contribution is 2.31. The summed E-state index contributed by atoms with van der Waals surface area (Å²) in [5.41, 5.74) is 1.08. The summed E-state index contributed by atoms with van der Waals surface area (Å²) in [5, 5.41) is 3.05. The standard InChI is InChI=1S/C22H21ClN2O5S/c1-29-17-9-11-20(30-2)21(13-17)31(27,28)25-19-12-16(23)8-10-18(19)22(26)24-14-15-6-4-3-5-7-15/h3-13,25H,14H2,1-2H3,(H,24,26). The molecule has 2 N–H and O–H groups in total. The minimum absolute atomic E-state index is 0.0444. The van der Waals surface area contributed by atoms with Crippen LogP contribution in [0.5, 0.6) is 11.5 Å². The van der Waals surface area contributed by atoms with Crippen molar-refractivity contribution in [2.75, 3.05) is 18.9 Å². The van der Waals surface area contributed by atoms with Crippen molar-refractivity contribution in [3.63, 3.8) is 0 Å². The molecule has 0 fully saturated rings. The third-order valence-corrected chi connectivity index (χ3v) is 6.05. The molecule has 3 aromatic rings. The number of methoxy groups -OCH3 is 2. The molecule has 0 aliphatic carbocycles. The predicted molar refractivity (Wildman–Crippen MR) is 119 cm³/mol. The van der Waals surface area contributed by atoms with Crippen molar-refractivity contribution in [1.82, 2.24) is 5.32 Å². The van der Waals surface area contributed by atoms with E-state index in [0.29, 0.717) is 5.75 Å². The number of amides is 1. The zero-order valence-corrected chi connectivity index (χ0v) is 18.5. The molecule has 3 aromatic carbocycles. The molecule has 0 heterocycles. The molecule has 0 atom stereocenters. The highest BCUT2D eigenvalue weighted by atomic mass is 35.5. The number of carbonyl (C=O) groups excluding carboxylic acids is 1. The van der Waals surface area contributed by atoms with E-state index in [0.717, 1.165) is 5.56 Å². The van der Waals surface area contributed by atoms with Gasteiger partial charge in [-0.05, 0) is 35.9 Å². The Labute approximate surface area is 186 Å². The summed E-state index contributed by atoms with van der Waals surface area (Å²) in [5.74, 6) is 0.0225. The smallest absolute Gasteiger partial charge is 0.265 e. The van der Waals surface area contributed by atoms with E-state index in [1.807, 2.05) is 30.3 Å². The highest BCUT2D eigenvalue weighted by Gasteiger charge is 2.23. The first-order chi connectivity index (χ1) is 14.8. The normalized spacial score (nSPS) is 10.9. The van der Waals surface area contributed by atoms with E-state index in [4.69, 9.17) is 21.1 Å². The molecule has 0 bridgehead atoms. The van der Waals surface area contributed by atoms with Crippen LogP contribution >= 0.6 is 11.6 Å². The van der Waals surface area contributed by atoms with Crippen LogP contribution in [0.1, 0.15) is 15.9 Å². The predicted octanol–water partition coefficient (Wildman–Crippen LogP) is 4.09. The fourth-order valence-corrected chi connectivity index (χ4v) is 4.29. The van der Waals surface area contributed by atoms with Gasteiger partial charge in [-0.2, -0.15) is 0 Å². The number of hydrogen-bond acceptors (Lipinski definition) is 5. The van der Waals surface area contributed by atoms with Gasteiger partial charge in [-0.15, -0.1) is 0 Å². The van der Waals surface area contributed by atoms with Crippen molar-refractivity contribution >= 4 is 33.2 Å². The maximum atomic E-state index is 13.1. The molecule has 0 aromatic heterocycles. The molecule has 7 nitrogen and oxygen atoms in total. The van der Waals surface area contributed by atoms with Gasteiger partial charge in [-0.1, -0.05) is 41.9 Å². The summed E-state index contributed by atoms with van der Waals surface area (Å²) < 4.78 is 38.9. The zero-order valence-electron chi connectivity index (χ0n) is 16.9. The highest BCUT2D eigenvalue weighted by molar-refractivity contribution is 7.92. The first-order valence-corrected chi connectivity index (χ1v) is 11.1. The summed E-state index contributed by atoms with van der Waals surface area (Å²) in [7, 11) is -1.33. The molecule has 0 saturated heterocycles. The van der Waals surface area contributed by atoms with Crippen molar-refractivity contribution in [3.8, 4) is 11.5 Å². The molecule has 1 amide bonds. The van der Waals surface area contributed by atoms with Gasteiger partial charge >= 0.3 is 0 Å². The van der Waals surface area contributed by atoms with Gasteiger partial charge in [0.25, 0.3) is 15.9 Å². The van der Waals surface area contributed by atoms with Gasteiger partial charge in [0, 0.05) is 17.6 Å². The van der Waals surface area contributed by atoms with E-state index >= 15 is 0 Å². The maximum Gasteiger partial charge on any atom is 0.265 e. The fourth-order valence-electron chi connectivity index (χ4n) is 2.87. The second-order valence-corrected chi connectivity index (χ2v) is 8.57. The Kier molecular flexibility index (Phi) is 7.04. The Morgan fingerprint density at radius 2 is 1.71 bits per heavy atom. The van der Waals surface area contributed by atoms with Crippen LogP contribution in [0.25, 0.3) is 0 Å². The first-order valence-electron chi connectivity index (χ1n) is 9.20. The van der Waals surface area contributed by atoms with Crippen molar-refractivity contribution < 1.29 is 22.7 Å². The minimum atomic E-state index is -4.12. The molecular formula is C22H21ClN2O5S. The lowest BCUT2D eigenvalue weighted by Crippen LogP contribution is -2.25. The third-order valence-electron chi connectivity index (χ3n) is 4.43. The van der Waals surface area contributed by atoms with E-state index in [1.165, 1.54) is 44.6 Å². The van der Waals surface area contributed by atoms with Crippen LogP contribution < -0.4 is 19.5 Å². The van der Waals surface area contributed by atoms with Crippen LogP contribution in [0.15, 0.2) is 71.6 Å². The monoisotopic (exact) mass is 460 g/mol. The number of anilines is 1. The number of sulfonamides is 1. The quantitative estimate of drug-likeness (QED) is 0.528. The average molecular weight is 461 g/mol. The molecule has 0 radical (unpaired) electrons. The average Bonchev–Trinajstić information content (AvgIpc) is 2.77. The molecule has 0 spiro atoms. The SMILES string of the molecule is COc1ccc(OC)c(S(=O)(=O)Nc2cc(Cl)ccc2C(=O)NCc2ccccc2)c1. The van der Waals surface area contributed by atoms with Crippen LogP contribution in [0.3, 0.4) is 0 Å². The van der Waals surface area contributed by atoms with Gasteiger partial charge in [0.1, 0.15) is 16.4 Å². The number of carbonyl (C=O) groups is 1. The van der Waals surface area contributed by atoms with Crippen molar-refractivity contribution in [2.24, 2.45) is 0 Å². The van der Waals surface area contributed by atoms with Crippen molar-refractivity contribution in [1.29, 1.82) is 0 Å². The fraction of sp³-hybridized carbons (Fsp3) is 0.136. The summed E-state index contributed by atoms with van der Waals surface area (Å²) in [6.07, 6.45) is 0. The Morgan fingerprint density at radius 1 is 0.968 bits per heavy atom. The van der Waals surface area contributed by atoms with Gasteiger partial charge in [0.05, 0.1) is 25.5 Å². The van der Waals surface area contributed by atoms with E-state index in [2.05, 4.69) is 10.0 Å². The Bertz CT molecular complexity index is 1180. The van der Waals surface area contributed by atoms with Gasteiger partial charge in [-0.3, -0.25) is 9.52 Å². The minimum Gasteiger partial charge on any atom is -0.497 e. The topological polar surface area (TPSA) is 93.7 Å². The van der Waals surface area contributed by atoms with E-state index < -0.39 is 15.9 Å². The summed E-state index contributed by atoms with van der Waals surface area (Å²) in [6.45, 7) is 0.290. The molecule has 0 aliphatic rings. The third kappa shape index (κ3) is 5.48. The van der Waals surface area contributed by atoms with Crippen LogP contribution in [-0.4, -0.2) is 28.5 Å². The van der Waals surface area contributed by atoms with Crippen LogP contribution in [0.2, 0.25) is 5.02 Å². The zero-order chi connectivity index (χ0) is 22.4. The lowest BCUT2D eigenvalue weighted by atomic mass is 10.1. The lowest BCUT2D eigenvalue weighted by Gasteiger charge is -2.15. The maximum absolute atomic E-state index is 13.1. The van der Waals surface area contributed by atoms with Gasteiger partial charge < -0.3 is 14.8 Å². The molecule has 31 heavy (non-hydrogen) atoms. The number of nitrogens with one attached hydrogen (secondary N) is 2. The Balaban J connectivity index is 1.91. The summed E-state index contributed by atoms with van der Waals surface area (Å²) >= 11 is 6.06. The largest absolute Gasteiger partial charge is 0.497 e. The van der Waals surface area contributed by atoms with Gasteiger partial charge in [-0.25, -0.2) is 8.42 Å². The van der Waals surface area contributed by atoms with E-state index in [9.17, 15) is 13.2 Å². The molecule has 162 valence electrons. The second-order valence-electron chi connectivity index (χ2n) is 6.48. The number of benzene rings is 3. The summed E-state index contributed by atoms with van der Waals surface area (Å²) in [4.78, 5) is 12.6. The second kappa shape index (κ2) is 9.72. The van der Waals surface area contributed by atoms with E-state index in [-0.39, 0.29) is 33.5 Å². The molecule has 0 unspecified atom stereocenters. The Hall–Kier alpha value is -3.23. The lowest BCUT2D eigenvalue weighted by molar-refractivity contribution is 0.0952. The van der Waals surface area contributed by atoms with E-state index in [1.54, 1.807) is 6.07 Å². The molecular weight excluding hydrogens is 440 g/mol. The summed E-state index contributed by atoms with van der Waals surface area (Å²) in [6, 6.07) is 18.1. The molecule has 3 rings (SSSR count). The van der Waals surface area contributed by atoms with Crippen LogP contribution in [0.4, 0.5) is 5.69 Å². The van der Waals surface area contributed by atoms with Gasteiger partial charge in [0.2, 0.25) is 0 Å². The van der Waals surface area contributed by atoms with Gasteiger partial charge in [0.15, 0.2) is 0 Å². The number of halogens is 1. The number of ether oxygens (including phenoxy) is 2. The molecule has 0 aliphatic heterocycles. The first kappa shape index (κ1) is 22.5. The number of rotatable bonds is 8. The molecule has 9 heteroatoms. The van der Waals surface area contributed by atoms with Crippen molar-refractivity contribution in [2.45, 2.75) is 11.4 Å². The number of hydrogen-bond donors (Lipinski definition) is 2. The van der Waals surface area contributed by atoms with Crippen LogP contribution in [-0.2, 0) is 16.6 Å².